The van der Waals surface area contributed by atoms with Crippen LogP contribution in [-0.4, -0.2) is 19.1 Å². The molecule has 4 nitrogen and oxygen atoms in total. The quantitative estimate of drug-likeness (QED) is 0.0985. The van der Waals surface area contributed by atoms with E-state index in [9.17, 15) is 0 Å². The molecule has 6 heteroatoms. The Balaban J connectivity index is 0.000000162. The first kappa shape index (κ1) is 37.2. The summed E-state index contributed by atoms with van der Waals surface area (Å²) in [6, 6.07) is 36.8. The van der Waals surface area contributed by atoms with Gasteiger partial charge in [0.1, 0.15) is 0 Å². The van der Waals surface area contributed by atoms with Gasteiger partial charge in [-0.15, -0.1) is 35.4 Å². The van der Waals surface area contributed by atoms with Crippen molar-refractivity contribution in [2.24, 2.45) is 14.1 Å². The second kappa shape index (κ2) is 16.2. The molecule has 248 valence electrons. The normalized spacial score (nSPS) is 10.5. The molecule has 0 atom stereocenters. The standard InChI is InChI=1S/2C15H10N.C13H14N2.2Au/c2*1-3-11-8-9-13-12-6-4-5-7-14(12)16(2)15(13)10-11;1-13(2,11-5-3-7-14-9-11)12-6-4-8-15-10-12;;/h2*4-10H,2H3;3-10H,1-2H3;;/q2*-1;;2*+1. The topological polar surface area (TPSA) is 35.6 Å². The van der Waals surface area contributed by atoms with E-state index in [1.54, 1.807) is 12.4 Å². The zero-order valence-corrected chi connectivity index (χ0v) is 31.9. The minimum Gasteiger partial charge on any atom is -0.366 e. The molecule has 0 aliphatic heterocycles. The molecule has 8 rings (SSSR count). The number of nitrogens with zero attached hydrogens (tertiary/aromatic N) is 4. The molecule has 0 saturated carbocycles. The maximum Gasteiger partial charge on any atom is 1.00 e. The molecule has 0 aliphatic carbocycles. The summed E-state index contributed by atoms with van der Waals surface area (Å²) in [4.78, 5) is 8.31. The zero-order valence-electron chi connectivity index (χ0n) is 27.6. The van der Waals surface area contributed by atoms with Crippen molar-refractivity contribution in [2.45, 2.75) is 19.3 Å². The Hall–Kier alpha value is -4.62. The van der Waals surface area contributed by atoms with Crippen LogP contribution in [0.4, 0.5) is 0 Å². The van der Waals surface area contributed by atoms with Gasteiger partial charge in [-0.3, -0.25) is 21.8 Å². The average molecular weight is 1000 g/mol. The van der Waals surface area contributed by atoms with Crippen LogP contribution in [0.15, 0.2) is 134 Å². The molecule has 4 heterocycles. The third-order valence-electron chi connectivity index (χ3n) is 8.88. The molecule has 0 saturated heterocycles. The Morgan fingerprint density at radius 2 is 0.898 bits per heavy atom. The summed E-state index contributed by atoms with van der Waals surface area (Å²) in [6.07, 6.45) is 21.7. The molecule has 0 bridgehead atoms. The predicted octanol–water partition coefficient (Wildman–Crippen LogP) is 9.34. The minimum absolute atomic E-state index is 0. The number of aryl methyl sites for hydroxylation is 2. The largest absolute Gasteiger partial charge is 1.00 e. The Bertz CT molecular complexity index is 2260. The second-order valence-corrected chi connectivity index (χ2v) is 12.0. The maximum absolute atomic E-state index is 7.16. The van der Waals surface area contributed by atoms with Gasteiger partial charge in [0.2, 0.25) is 0 Å². The SMILES string of the molecule is CC(C)(c1cccnc1)c1cccnc1.[Au+].[Au+].[C-]#Cc1ccc2c3ccccc3n(C)c2c1.[C-]#Cc1ccc2c3ccccc3n(C)c2c1. The minimum atomic E-state index is -0.0392. The van der Waals surface area contributed by atoms with Gasteiger partial charge in [-0.2, -0.15) is 0 Å². The third-order valence-corrected chi connectivity index (χ3v) is 8.88. The van der Waals surface area contributed by atoms with Crippen molar-refractivity contribution in [2.75, 3.05) is 0 Å². The summed E-state index contributed by atoms with van der Waals surface area (Å²) in [7, 11) is 4.11. The molecule has 4 aromatic heterocycles. The molecular weight excluding hydrogens is 966 g/mol. The van der Waals surface area contributed by atoms with Crippen LogP contribution in [0.25, 0.3) is 43.6 Å². The number of pyridine rings is 2. The first-order chi connectivity index (χ1) is 22.8. The van der Waals surface area contributed by atoms with Crippen LogP contribution in [0.5, 0.6) is 0 Å². The van der Waals surface area contributed by atoms with Crippen LogP contribution in [0.2, 0.25) is 0 Å². The number of hydrogen-bond acceptors (Lipinski definition) is 2. The van der Waals surface area contributed by atoms with E-state index in [1.807, 2.05) is 60.9 Å². The zero-order chi connectivity index (χ0) is 33.0. The summed E-state index contributed by atoms with van der Waals surface area (Å²) < 4.78 is 4.32. The van der Waals surface area contributed by atoms with E-state index in [2.05, 4.69) is 120 Å². The summed E-state index contributed by atoms with van der Waals surface area (Å²) in [5.41, 5.74) is 8.76. The molecule has 0 spiro atoms. The molecule has 4 aromatic carbocycles. The molecule has 0 fully saturated rings. The monoisotopic (exact) mass is 1000 g/mol. The van der Waals surface area contributed by atoms with Crippen molar-refractivity contribution in [1.29, 1.82) is 0 Å². The number of hydrogen-bond donors (Lipinski definition) is 0. The van der Waals surface area contributed by atoms with Gasteiger partial charge in [0.25, 0.3) is 0 Å². The van der Waals surface area contributed by atoms with E-state index in [1.165, 1.54) is 43.7 Å². The fourth-order valence-electron chi connectivity index (χ4n) is 6.11. The van der Waals surface area contributed by atoms with Crippen LogP contribution in [-0.2, 0) is 64.3 Å². The average Bonchev–Trinajstić information content (AvgIpc) is 3.59. The fourth-order valence-corrected chi connectivity index (χ4v) is 6.11. The van der Waals surface area contributed by atoms with Crippen molar-refractivity contribution >= 4 is 43.6 Å². The molecule has 0 amide bonds. The molecule has 49 heavy (non-hydrogen) atoms. The van der Waals surface area contributed by atoms with Crippen molar-refractivity contribution in [1.82, 2.24) is 19.1 Å². The Kier molecular flexibility index (Phi) is 12.3. The van der Waals surface area contributed by atoms with Gasteiger partial charge in [-0.05, 0) is 35.4 Å². The number of aromatic nitrogens is 4. The smallest absolute Gasteiger partial charge is 0.366 e. The fraction of sp³-hybridized carbons (Fsp3) is 0.116. The van der Waals surface area contributed by atoms with Gasteiger partial charge in [0.15, 0.2) is 0 Å². The van der Waals surface area contributed by atoms with Crippen molar-refractivity contribution in [3.63, 3.8) is 0 Å². The molecule has 8 aromatic rings. The molecule has 0 aliphatic rings. The number of fused-ring (bicyclic) bond motifs is 6. The van der Waals surface area contributed by atoms with E-state index in [0.29, 0.717) is 0 Å². The van der Waals surface area contributed by atoms with Crippen LogP contribution >= 0.6 is 0 Å². The molecule has 0 unspecified atom stereocenters. The number of rotatable bonds is 2. The third kappa shape index (κ3) is 7.52. The van der Waals surface area contributed by atoms with Crippen LogP contribution < -0.4 is 0 Å². The summed E-state index contributed by atoms with van der Waals surface area (Å²) in [5.74, 6) is 4.85. The van der Waals surface area contributed by atoms with Gasteiger partial charge in [0.05, 0.1) is 0 Å². The summed E-state index contributed by atoms with van der Waals surface area (Å²) in [5, 5.41) is 4.99. The number of benzene rings is 4. The van der Waals surface area contributed by atoms with E-state index in [4.69, 9.17) is 12.8 Å². The van der Waals surface area contributed by atoms with Gasteiger partial charge in [-0.1, -0.05) is 74.5 Å². The predicted molar refractivity (Wildman–Crippen MR) is 194 cm³/mol. The summed E-state index contributed by atoms with van der Waals surface area (Å²) in [6.45, 7) is 4.36. The van der Waals surface area contributed by atoms with Gasteiger partial charge < -0.3 is 22.0 Å². The van der Waals surface area contributed by atoms with E-state index in [-0.39, 0.29) is 50.2 Å². The molecular formula is C43H34Au2N4. The van der Waals surface area contributed by atoms with Gasteiger partial charge in [0, 0.05) is 87.9 Å². The summed E-state index contributed by atoms with van der Waals surface area (Å²) >= 11 is 0. The van der Waals surface area contributed by atoms with Crippen LogP contribution in [0, 0.1) is 24.7 Å². The maximum atomic E-state index is 7.16. The first-order valence-electron chi connectivity index (χ1n) is 15.4. The van der Waals surface area contributed by atoms with Crippen molar-refractivity contribution < 1.29 is 44.8 Å². The Morgan fingerprint density at radius 1 is 0.510 bits per heavy atom. The Morgan fingerprint density at radius 3 is 1.27 bits per heavy atom. The molecule has 0 radical (unpaired) electrons. The second-order valence-electron chi connectivity index (χ2n) is 12.0. The van der Waals surface area contributed by atoms with Crippen molar-refractivity contribution in [3.05, 3.63) is 169 Å². The Labute approximate surface area is 319 Å². The van der Waals surface area contributed by atoms with Gasteiger partial charge in [-0.25, -0.2) is 0 Å². The van der Waals surface area contributed by atoms with E-state index in [0.717, 1.165) is 22.2 Å². The van der Waals surface area contributed by atoms with Crippen LogP contribution in [0.1, 0.15) is 36.1 Å². The molecule has 0 N–H and O–H groups in total. The number of para-hydroxylation sites is 2. The first-order valence-corrected chi connectivity index (χ1v) is 15.4. The van der Waals surface area contributed by atoms with Gasteiger partial charge >= 0.3 is 44.8 Å². The van der Waals surface area contributed by atoms with Crippen LogP contribution in [0.3, 0.4) is 0 Å². The van der Waals surface area contributed by atoms with Crippen molar-refractivity contribution in [3.8, 4) is 11.8 Å². The van der Waals surface area contributed by atoms with E-state index >= 15 is 0 Å². The van der Waals surface area contributed by atoms with E-state index < -0.39 is 0 Å².